The molecular weight excluding hydrogens is 846 g/mol. The van der Waals surface area contributed by atoms with Gasteiger partial charge in [0.05, 0.1) is 27.7 Å². The van der Waals surface area contributed by atoms with Crippen molar-refractivity contribution < 1.29 is 42.1 Å². The molecule has 0 radical (unpaired) electrons. The number of nitrogens with zero attached hydrogens (tertiary/aromatic N) is 1. The molecule has 0 aliphatic carbocycles. The Labute approximate surface area is 402 Å². The molecule has 0 aliphatic heterocycles. The first-order valence-electron chi connectivity index (χ1n) is 24.9. The topological polar surface area (TPSA) is 111 Å². The van der Waals surface area contributed by atoms with E-state index in [1.807, 2.05) is 27.2 Å². The van der Waals surface area contributed by atoms with Gasteiger partial charge in [-0.25, -0.2) is 0 Å². The van der Waals surface area contributed by atoms with Crippen molar-refractivity contribution in [1.82, 2.24) is 0 Å². The number of esters is 2. The van der Waals surface area contributed by atoms with E-state index in [2.05, 4.69) is 141 Å². The first-order chi connectivity index (χ1) is 32.0. The van der Waals surface area contributed by atoms with E-state index in [4.69, 9.17) is 18.5 Å². The molecule has 0 N–H and O–H groups in total. The number of ether oxygens (including phenoxy) is 2. The zero-order chi connectivity index (χ0) is 48.5. The lowest BCUT2D eigenvalue weighted by molar-refractivity contribution is -0.870. The monoisotopic (exact) mass is 936 g/mol. The van der Waals surface area contributed by atoms with Gasteiger partial charge in [0.15, 0.2) is 6.10 Å². The zero-order valence-electron chi connectivity index (χ0n) is 41.8. The normalized spacial score (nSPS) is 14.6. The highest BCUT2D eigenvalue weighted by Crippen LogP contribution is 2.38. The SMILES string of the molecule is CC/C=C\C/C=C\C/C=C\C/C=C\C/C=C\C/C=C\CCCCCCCCC(=O)OC(COC(=O)CCC/C=C\C/C=C\C/C=C\C/C=C\C/C=C\CC)COP(=O)([O-])OCC[N+](C)(C)C. The van der Waals surface area contributed by atoms with Crippen molar-refractivity contribution in [1.29, 1.82) is 0 Å². The number of allylic oxidation sites excluding steroid dienone is 22. The molecule has 0 spiro atoms. The third-order valence-electron chi connectivity index (χ3n) is 9.67. The van der Waals surface area contributed by atoms with Crippen molar-refractivity contribution >= 4 is 19.8 Å². The van der Waals surface area contributed by atoms with Crippen molar-refractivity contribution in [2.24, 2.45) is 0 Å². The molecule has 0 saturated carbocycles. The number of phosphoric acid groups is 1. The minimum atomic E-state index is -4.66. The van der Waals surface area contributed by atoms with E-state index in [1.54, 1.807) is 0 Å². The van der Waals surface area contributed by atoms with E-state index in [9.17, 15) is 19.0 Å². The highest BCUT2D eigenvalue weighted by atomic mass is 31.2. The molecule has 9 nitrogen and oxygen atoms in total. The number of rotatable bonds is 43. The lowest BCUT2D eigenvalue weighted by Gasteiger charge is -2.28. The summed E-state index contributed by atoms with van der Waals surface area (Å²) in [5.41, 5.74) is 0. The van der Waals surface area contributed by atoms with E-state index in [0.29, 0.717) is 23.9 Å². The van der Waals surface area contributed by atoms with E-state index in [0.717, 1.165) is 116 Å². The Hall–Kier alpha value is -3.85. The van der Waals surface area contributed by atoms with Crippen LogP contribution >= 0.6 is 7.82 Å². The van der Waals surface area contributed by atoms with E-state index < -0.39 is 32.5 Å². The van der Waals surface area contributed by atoms with Crippen LogP contribution in [-0.2, 0) is 32.7 Å². The predicted molar refractivity (Wildman–Crippen MR) is 277 cm³/mol. The highest BCUT2D eigenvalue weighted by molar-refractivity contribution is 7.45. The summed E-state index contributed by atoms with van der Waals surface area (Å²) in [5.74, 6) is -0.934. The van der Waals surface area contributed by atoms with Gasteiger partial charge in [-0.2, -0.15) is 0 Å². The molecule has 0 bridgehead atoms. The minimum Gasteiger partial charge on any atom is -0.756 e. The van der Waals surface area contributed by atoms with Crippen molar-refractivity contribution in [3.63, 3.8) is 0 Å². The van der Waals surface area contributed by atoms with Crippen LogP contribution in [0.2, 0.25) is 0 Å². The van der Waals surface area contributed by atoms with Crippen LogP contribution in [0.3, 0.4) is 0 Å². The predicted octanol–water partition coefficient (Wildman–Crippen LogP) is 14.4. The van der Waals surface area contributed by atoms with Gasteiger partial charge in [0.2, 0.25) is 0 Å². The Balaban J connectivity index is 4.41. The summed E-state index contributed by atoms with van der Waals surface area (Å²) in [6.45, 7) is 3.89. The molecule has 2 unspecified atom stereocenters. The zero-order valence-corrected chi connectivity index (χ0v) is 42.7. The highest BCUT2D eigenvalue weighted by Gasteiger charge is 2.21. The lowest BCUT2D eigenvalue weighted by Crippen LogP contribution is -2.37. The molecule has 66 heavy (non-hydrogen) atoms. The summed E-state index contributed by atoms with van der Waals surface area (Å²) in [6.07, 6.45) is 66.3. The summed E-state index contributed by atoms with van der Waals surface area (Å²) in [6, 6.07) is 0. The molecule has 0 fully saturated rings. The summed E-state index contributed by atoms with van der Waals surface area (Å²) < 4.78 is 33.9. The molecule has 0 amide bonds. The number of likely N-dealkylation sites (N-methyl/N-ethyl adjacent to an activating group) is 1. The number of carbonyl (C=O) groups excluding carboxylic acids is 2. The summed E-state index contributed by atoms with van der Waals surface area (Å²) >= 11 is 0. The molecule has 0 rings (SSSR count). The van der Waals surface area contributed by atoms with Gasteiger partial charge in [-0.15, -0.1) is 0 Å². The maximum absolute atomic E-state index is 12.7. The van der Waals surface area contributed by atoms with Gasteiger partial charge < -0.3 is 27.9 Å². The van der Waals surface area contributed by atoms with Gasteiger partial charge in [-0.1, -0.05) is 173 Å². The molecule has 0 aromatic rings. The van der Waals surface area contributed by atoms with Crippen molar-refractivity contribution in [2.75, 3.05) is 47.5 Å². The van der Waals surface area contributed by atoms with Gasteiger partial charge >= 0.3 is 11.9 Å². The first-order valence-corrected chi connectivity index (χ1v) is 26.4. The van der Waals surface area contributed by atoms with E-state index >= 15 is 0 Å². The fourth-order valence-corrected chi connectivity index (χ4v) is 6.60. The van der Waals surface area contributed by atoms with Crippen LogP contribution in [0.15, 0.2) is 134 Å². The third-order valence-corrected chi connectivity index (χ3v) is 10.6. The first kappa shape index (κ1) is 62.1. The number of hydrogen-bond acceptors (Lipinski definition) is 8. The van der Waals surface area contributed by atoms with Crippen LogP contribution in [0.4, 0.5) is 0 Å². The average Bonchev–Trinajstić information content (AvgIpc) is 3.27. The Kier molecular flexibility index (Phi) is 43.6. The maximum atomic E-state index is 12.7. The molecule has 0 aromatic carbocycles. The average molecular weight is 936 g/mol. The Morgan fingerprint density at radius 3 is 1.26 bits per heavy atom. The minimum absolute atomic E-state index is 0.0515. The Morgan fingerprint density at radius 1 is 0.470 bits per heavy atom. The fourth-order valence-electron chi connectivity index (χ4n) is 5.87. The van der Waals surface area contributed by atoms with Crippen LogP contribution in [-0.4, -0.2) is 70.0 Å². The molecule has 0 saturated heterocycles. The summed E-state index contributed by atoms with van der Waals surface area (Å²) in [7, 11) is 1.10. The van der Waals surface area contributed by atoms with Crippen molar-refractivity contribution in [2.45, 2.75) is 161 Å². The number of phosphoric ester groups is 1. The second-order valence-electron chi connectivity index (χ2n) is 17.1. The molecule has 372 valence electrons. The smallest absolute Gasteiger partial charge is 0.306 e. The lowest BCUT2D eigenvalue weighted by atomic mass is 10.1. The molecule has 0 aliphatic rings. The third kappa shape index (κ3) is 49.6. The maximum Gasteiger partial charge on any atom is 0.306 e. The number of carbonyl (C=O) groups is 2. The molecule has 0 heterocycles. The fraction of sp³-hybridized carbons (Fsp3) is 0.571. The standard InChI is InChI=1S/C56H90NO8P/c1-6-8-10-12-14-16-18-20-22-24-25-26-27-28-29-30-31-33-35-37-39-41-43-45-47-49-56(59)65-54(53-64-66(60,61)63-51-50-57(3,4)5)52-62-55(58)48-46-44-42-40-38-36-34-32-23-21-19-17-15-13-11-9-7-2/h8-11,14-17,20-23,25-26,28-29,31,33-34,36,40,42,54H,6-7,12-13,18-19,24,27,30,32,35,37-39,41,43-53H2,1-5H3/b10-8-,11-9-,16-14-,17-15-,22-20-,23-21-,26-25-,29-28-,33-31-,36-34-,42-40-. The summed E-state index contributed by atoms with van der Waals surface area (Å²) in [5, 5.41) is 0. The van der Waals surface area contributed by atoms with Gasteiger partial charge in [0, 0.05) is 12.8 Å². The quantitative estimate of drug-likeness (QED) is 0.0195. The van der Waals surface area contributed by atoms with Crippen LogP contribution in [0.1, 0.15) is 155 Å². The van der Waals surface area contributed by atoms with E-state index in [-0.39, 0.29) is 26.1 Å². The molecular formula is C56H90NO8P. The summed E-state index contributed by atoms with van der Waals surface area (Å²) in [4.78, 5) is 37.7. The van der Waals surface area contributed by atoms with Crippen LogP contribution in [0.5, 0.6) is 0 Å². The van der Waals surface area contributed by atoms with Crippen LogP contribution in [0.25, 0.3) is 0 Å². The molecule has 0 aromatic heterocycles. The van der Waals surface area contributed by atoms with Crippen LogP contribution < -0.4 is 4.89 Å². The van der Waals surface area contributed by atoms with Gasteiger partial charge in [0.1, 0.15) is 19.8 Å². The van der Waals surface area contributed by atoms with Crippen molar-refractivity contribution in [3.8, 4) is 0 Å². The second kappa shape index (κ2) is 46.3. The van der Waals surface area contributed by atoms with Crippen molar-refractivity contribution in [3.05, 3.63) is 134 Å². The number of quaternary nitrogens is 1. The second-order valence-corrected chi connectivity index (χ2v) is 18.5. The number of hydrogen-bond donors (Lipinski definition) is 0. The number of unbranched alkanes of at least 4 members (excludes halogenated alkanes) is 7. The Morgan fingerprint density at radius 2 is 0.833 bits per heavy atom. The molecule has 2 atom stereocenters. The van der Waals surface area contributed by atoms with Gasteiger partial charge in [-0.3, -0.25) is 14.2 Å². The van der Waals surface area contributed by atoms with E-state index in [1.165, 1.54) is 0 Å². The van der Waals surface area contributed by atoms with Gasteiger partial charge in [0.25, 0.3) is 7.82 Å². The van der Waals surface area contributed by atoms with Crippen LogP contribution in [0, 0.1) is 0 Å². The Bertz CT molecular complexity index is 1570. The molecule has 10 heteroatoms. The largest absolute Gasteiger partial charge is 0.756 e. The van der Waals surface area contributed by atoms with Gasteiger partial charge in [-0.05, 0) is 103 Å².